The van der Waals surface area contributed by atoms with Crippen LogP contribution in [0.15, 0.2) is 12.5 Å². The number of rotatable bonds is 8. The van der Waals surface area contributed by atoms with E-state index >= 15 is 0 Å². The fourth-order valence-electron chi connectivity index (χ4n) is 1.65. The Labute approximate surface area is 120 Å². The largest absolute Gasteiger partial charge is 0.395 e. The third-order valence-corrected chi connectivity index (χ3v) is 4.00. The molecule has 1 heterocycles. The standard InChI is InChI=1S/C11H18N4O4S/c1-8(9(6-16)20-2)13-11(17)3-4-14-5-10(12-7-14)15(18)19/h5,7-9,16H,3-4,6H2,1-2H3,(H,13,17). The van der Waals surface area contributed by atoms with Gasteiger partial charge >= 0.3 is 5.82 Å². The summed E-state index contributed by atoms with van der Waals surface area (Å²) in [6.07, 6.45) is 4.68. The Morgan fingerprint density at radius 2 is 2.40 bits per heavy atom. The average molecular weight is 302 g/mol. The van der Waals surface area contributed by atoms with Gasteiger partial charge in [-0.25, -0.2) is 0 Å². The first kappa shape index (κ1) is 16.4. The monoisotopic (exact) mass is 302 g/mol. The number of nitrogens with zero attached hydrogens (tertiary/aromatic N) is 3. The second-order valence-electron chi connectivity index (χ2n) is 4.29. The summed E-state index contributed by atoms with van der Waals surface area (Å²) < 4.78 is 1.50. The predicted molar refractivity (Wildman–Crippen MR) is 75.5 cm³/mol. The molecule has 2 atom stereocenters. The van der Waals surface area contributed by atoms with Crippen molar-refractivity contribution >= 4 is 23.5 Å². The molecule has 0 bridgehead atoms. The minimum Gasteiger partial charge on any atom is -0.395 e. The zero-order valence-corrected chi connectivity index (χ0v) is 12.2. The van der Waals surface area contributed by atoms with Crippen molar-refractivity contribution in [3.63, 3.8) is 0 Å². The van der Waals surface area contributed by atoms with E-state index < -0.39 is 4.92 Å². The Morgan fingerprint density at radius 3 is 2.90 bits per heavy atom. The van der Waals surface area contributed by atoms with E-state index in [-0.39, 0.29) is 36.0 Å². The fraction of sp³-hybridized carbons (Fsp3) is 0.636. The van der Waals surface area contributed by atoms with Crippen molar-refractivity contribution in [1.82, 2.24) is 14.9 Å². The molecule has 2 unspecified atom stereocenters. The first-order valence-corrected chi connectivity index (χ1v) is 7.36. The van der Waals surface area contributed by atoms with Gasteiger partial charge in [-0.1, -0.05) is 0 Å². The molecule has 1 amide bonds. The van der Waals surface area contributed by atoms with Gasteiger partial charge in [-0.3, -0.25) is 4.79 Å². The molecule has 0 aliphatic carbocycles. The minimum atomic E-state index is -0.580. The number of hydrogen-bond acceptors (Lipinski definition) is 6. The number of nitrogens with one attached hydrogen (secondary N) is 1. The van der Waals surface area contributed by atoms with Crippen molar-refractivity contribution in [1.29, 1.82) is 0 Å². The normalized spacial score (nSPS) is 13.8. The summed E-state index contributed by atoms with van der Waals surface area (Å²) in [7, 11) is 0. The van der Waals surface area contributed by atoms with Crippen LogP contribution in [0.3, 0.4) is 0 Å². The molecule has 20 heavy (non-hydrogen) atoms. The Morgan fingerprint density at radius 1 is 1.70 bits per heavy atom. The Bertz CT molecular complexity index is 461. The van der Waals surface area contributed by atoms with Gasteiger partial charge in [-0.2, -0.15) is 11.8 Å². The summed E-state index contributed by atoms with van der Waals surface area (Å²) in [6.45, 7) is 2.15. The maximum atomic E-state index is 11.7. The summed E-state index contributed by atoms with van der Waals surface area (Å²) >= 11 is 1.49. The van der Waals surface area contributed by atoms with E-state index in [2.05, 4.69) is 10.3 Å². The fourth-order valence-corrected chi connectivity index (χ4v) is 2.28. The first-order chi connectivity index (χ1) is 9.47. The molecule has 1 rings (SSSR count). The van der Waals surface area contributed by atoms with E-state index in [9.17, 15) is 14.9 Å². The molecule has 1 aromatic heterocycles. The van der Waals surface area contributed by atoms with E-state index in [4.69, 9.17) is 5.11 Å². The average Bonchev–Trinajstić information content (AvgIpc) is 2.86. The first-order valence-electron chi connectivity index (χ1n) is 6.07. The zero-order valence-electron chi connectivity index (χ0n) is 11.4. The lowest BCUT2D eigenvalue weighted by Crippen LogP contribution is -2.41. The number of thioether (sulfide) groups is 1. The highest BCUT2D eigenvalue weighted by Crippen LogP contribution is 2.10. The van der Waals surface area contributed by atoms with Gasteiger partial charge in [-0.05, 0) is 23.1 Å². The molecular weight excluding hydrogens is 284 g/mol. The number of aliphatic hydroxyl groups is 1. The van der Waals surface area contributed by atoms with Crippen molar-refractivity contribution < 1.29 is 14.8 Å². The van der Waals surface area contributed by atoms with E-state index in [0.717, 1.165) is 0 Å². The third-order valence-electron chi connectivity index (χ3n) is 2.83. The number of amides is 1. The van der Waals surface area contributed by atoms with Crippen LogP contribution in [0.5, 0.6) is 0 Å². The van der Waals surface area contributed by atoms with Gasteiger partial charge in [0, 0.05) is 24.3 Å². The number of carbonyl (C=O) groups excluding carboxylic acids is 1. The quantitative estimate of drug-likeness (QED) is 0.531. The highest BCUT2D eigenvalue weighted by atomic mass is 32.2. The third kappa shape index (κ3) is 4.82. The number of carbonyl (C=O) groups is 1. The van der Waals surface area contributed by atoms with Crippen LogP contribution in [0.25, 0.3) is 0 Å². The highest BCUT2D eigenvalue weighted by Gasteiger charge is 2.17. The lowest BCUT2D eigenvalue weighted by Gasteiger charge is -2.21. The molecule has 0 fully saturated rings. The van der Waals surface area contributed by atoms with Gasteiger partial charge in [0.15, 0.2) is 0 Å². The molecule has 9 heteroatoms. The molecule has 0 aromatic carbocycles. The van der Waals surface area contributed by atoms with E-state index in [1.807, 2.05) is 13.2 Å². The van der Waals surface area contributed by atoms with Crippen molar-refractivity contribution in [2.24, 2.45) is 0 Å². The molecule has 0 aliphatic heterocycles. The molecular formula is C11H18N4O4S. The van der Waals surface area contributed by atoms with Crippen LogP contribution < -0.4 is 5.32 Å². The lowest BCUT2D eigenvalue weighted by atomic mass is 10.2. The number of aromatic nitrogens is 2. The Kier molecular flexibility index (Phi) is 6.46. The molecule has 0 aliphatic rings. The Hall–Kier alpha value is -1.61. The Balaban J connectivity index is 2.40. The molecule has 2 N–H and O–H groups in total. The smallest absolute Gasteiger partial charge is 0.381 e. The van der Waals surface area contributed by atoms with Gasteiger partial charge < -0.3 is 25.1 Å². The molecule has 1 aromatic rings. The molecule has 112 valence electrons. The number of hydrogen-bond donors (Lipinski definition) is 2. The summed E-state index contributed by atoms with van der Waals surface area (Å²) in [6, 6.07) is -0.139. The SMILES string of the molecule is CSC(CO)C(C)NC(=O)CCn1cnc([N+](=O)[O-])c1. The minimum absolute atomic E-state index is 0.00364. The van der Waals surface area contributed by atoms with Gasteiger partial charge in [0.05, 0.1) is 6.61 Å². The highest BCUT2D eigenvalue weighted by molar-refractivity contribution is 7.99. The van der Waals surface area contributed by atoms with Crippen LogP contribution in [0.4, 0.5) is 5.82 Å². The number of nitro groups is 1. The van der Waals surface area contributed by atoms with Gasteiger partial charge in [-0.15, -0.1) is 0 Å². The topological polar surface area (TPSA) is 110 Å². The number of aryl methyl sites for hydroxylation is 1. The second kappa shape index (κ2) is 7.85. The van der Waals surface area contributed by atoms with E-state index in [1.165, 1.54) is 28.9 Å². The van der Waals surface area contributed by atoms with Crippen LogP contribution in [0.1, 0.15) is 13.3 Å². The van der Waals surface area contributed by atoms with Gasteiger partial charge in [0.1, 0.15) is 6.20 Å². The van der Waals surface area contributed by atoms with Crippen LogP contribution in [0, 0.1) is 10.1 Å². The number of aliphatic hydroxyl groups excluding tert-OH is 1. The summed E-state index contributed by atoms with van der Waals surface area (Å²) in [5, 5.41) is 22.3. The van der Waals surface area contributed by atoms with Crippen molar-refractivity contribution in [3.8, 4) is 0 Å². The molecule has 0 saturated carbocycles. The van der Waals surface area contributed by atoms with Crippen molar-refractivity contribution in [2.45, 2.75) is 31.2 Å². The summed E-state index contributed by atoms with van der Waals surface area (Å²) in [5.41, 5.74) is 0. The summed E-state index contributed by atoms with van der Waals surface area (Å²) in [4.78, 5) is 25.2. The predicted octanol–water partition coefficient (Wildman–Crippen LogP) is 0.410. The van der Waals surface area contributed by atoms with Gasteiger partial charge in [0.2, 0.25) is 12.2 Å². The van der Waals surface area contributed by atoms with Gasteiger partial charge in [0.25, 0.3) is 0 Å². The van der Waals surface area contributed by atoms with Crippen molar-refractivity contribution in [2.75, 3.05) is 12.9 Å². The zero-order chi connectivity index (χ0) is 15.1. The maximum Gasteiger partial charge on any atom is 0.381 e. The molecule has 0 radical (unpaired) electrons. The molecule has 0 spiro atoms. The second-order valence-corrected chi connectivity index (χ2v) is 5.37. The number of imidazole rings is 1. The lowest BCUT2D eigenvalue weighted by molar-refractivity contribution is -0.389. The van der Waals surface area contributed by atoms with Crippen LogP contribution in [0.2, 0.25) is 0 Å². The van der Waals surface area contributed by atoms with Crippen molar-refractivity contribution in [3.05, 3.63) is 22.6 Å². The maximum absolute atomic E-state index is 11.7. The molecule has 8 nitrogen and oxygen atoms in total. The van der Waals surface area contributed by atoms with E-state index in [1.54, 1.807) is 0 Å². The van der Waals surface area contributed by atoms with Crippen LogP contribution in [-0.4, -0.2) is 49.6 Å². The van der Waals surface area contributed by atoms with Crippen LogP contribution in [-0.2, 0) is 11.3 Å². The molecule has 0 saturated heterocycles. The summed E-state index contributed by atoms with van der Waals surface area (Å²) in [5.74, 6) is -0.400. The van der Waals surface area contributed by atoms with Crippen LogP contribution >= 0.6 is 11.8 Å². The van der Waals surface area contributed by atoms with E-state index in [0.29, 0.717) is 6.54 Å².